The average molecular weight is 760 g/mol. The van der Waals surface area contributed by atoms with Gasteiger partial charge in [0.25, 0.3) is 0 Å². The summed E-state index contributed by atoms with van der Waals surface area (Å²) >= 11 is 0. The lowest BCUT2D eigenvalue weighted by Gasteiger charge is -2.40. The number of nitrogens with one attached hydrogen (secondary N) is 1. The SMILES string of the molecule is CCCCCCCCCCCCCCCCCCCC(O)C(=O)NC(COC1OC(CO)C(O)C(O)C1O)C(O)CCCCCCCCCCCCC. The number of rotatable bonds is 37. The van der Waals surface area contributed by atoms with Crippen LogP contribution in [0.3, 0.4) is 0 Å². The normalized spacial score (nSPS) is 22.2. The molecule has 1 fully saturated rings. The zero-order valence-electron chi connectivity index (χ0n) is 34.2. The monoisotopic (exact) mass is 760 g/mol. The van der Waals surface area contributed by atoms with Crippen molar-refractivity contribution in [3.05, 3.63) is 0 Å². The zero-order chi connectivity index (χ0) is 38.9. The van der Waals surface area contributed by atoms with Gasteiger partial charge in [-0.05, 0) is 12.8 Å². The van der Waals surface area contributed by atoms with Gasteiger partial charge in [0.05, 0.1) is 25.4 Å². The highest BCUT2D eigenvalue weighted by Gasteiger charge is 2.44. The van der Waals surface area contributed by atoms with Gasteiger partial charge in [-0.15, -0.1) is 0 Å². The van der Waals surface area contributed by atoms with Gasteiger partial charge >= 0.3 is 0 Å². The number of unbranched alkanes of at least 4 members (excludes halogenated alkanes) is 26. The second-order valence-electron chi connectivity index (χ2n) is 16.0. The van der Waals surface area contributed by atoms with E-state index in [2.05, 4.69) is 19.2 Å². The maximum absolute atomic E-state index is 13.0. The first kappa shape index (κ1) is 50.2. The summed E-state index contributed by atoms with van der Waals surface area (Å²) in [7, 11) is 0. The molecule has 0 spiro atoms. The van der Waals surface area contributed by atoms with Crippen molar-refractivity contribution in [3.63, 3.8) is 0 Å². The average Bonchev–Trinajstić information content (AvgIpc) is 3.16. The fraction of sp³-hybridized carbons (Fsp3) is 0.977. The highest BCUT2D eigenvalue weighted by atomic mass is 16.7. The maximum Gasteiger partial charge on any atom is 0.249 e. The third kappa shape index (κ3) is 25.1. The minimum absolute atomic E-state index is 0.251. The van der Waals surface area contributed by atoms with Crippen molar-refractivity contribution in [2.75, 3.05) is 13.2 Å². The topological polar surface area (TPSA) is 169 Å². The number of hydrogen-bond acceptors (Lipinski definition) is 9. The molecule has 8 unspecified atom stereocenters. The molecule has 1 saturated heterocycles. The lowest BCUT2D eigenvalue weighted by Crippen LogP contribution is -2.60. The zero-order valence-corrected chi connectivity index (χ0v) is 34.2. The Kier molecular flexibility index (Phi) is 32.6. The van der Waals surface area contributed by atoms with E-state index in [1.54, 1.807) is 0 Å². The van der Waals surface area contributed by atoms with Crippen molar-refractivity contribution in [3.8, 4) is 0 Å². The smallest absolute Gasteiger partial charge is 0.249 e. The Morgan fingerprint density at radius 1 is 0.566 bits per heavy atom. The molecule has 0 saturated carbocycles. The van der Waals surface area contributed by atoms with Gasteiger partial charge in [0, 0.05) is 0 Å². The second-order valence-corrected chi connectivity index (χ2v) is 16.0. The molecule has 1 rings (SSSR count). The summed E-state index contributed by atoms with van der Waals surface area (Å²) in [5, 5.41) is 64.7. The van der Waals surface area contributed by atoms with E-state index >= 15 is 0 Å². The third-order valence-corrected chi connectivity index (χ3v) is 11.1. The molecule has 1 aliphatic heterocycles. The van der Waals surface area contributed by atoms with Gasteiger partial charge in [-0.1, -0.05) is 194 Å². The Bertz CT molecular complexity index is 819. The van der Waals surface area contributed by atoms with Crippen molar-refractivity contribution in [1.82, 2.24) is 5.32 Å². The summed E-state index contributed by atoms with van der Waals surface area (Å²) < 4.78 is 11.2. The molecule has 1 heterocycles. The molecule has 10 nitrogen and oxygen atoms in total. The summed E-state index contributed by atoms with van der Waals surface area (Å²) in [6.45, 7) is 3.66. The number of aliphatic hydroxyl groups is 6. The molecule has 0 bridgehead atoms. The minimum atomic E-state index is -1.59. The Hall–Kier alpha value is -0.850. The number of aliphatic hydroxyl groups excluding tert-OH is 6. The molecule has 10 heteroatoms. The predicted molar refractivity (Wildman–Crippen MR) is 214 cm³/mol. The number of ether oxygens (including phenoxy) is 2. The van der Waals surface area contributed by atoms with Crippen LogP contribution in [0, 0.1) is 0 Å². The van der Waals surface area contributed by atoms with Crippen molar-refractivity contribution >= 4 is 5.91 Å². The minimum Gasteiger partial charge on any atom is -0.394 e. The van der Waals surface area contributed by atoms with Gasteiger partial charge < -0.3 is 45.4 Å². The fourth-order valence-electron chi connectivity index (χ4n) is 7.34. The number of hydrogen-bond donors (Lipinski definition) is 7. The van der Waals surface area contributed by atoms with Gasteiger partial charge in [-0.2, -0.15) is 0 Å². The Balaban J connectivity index is 2.37. The lowest BCUT2D eigenvalue weighted by molar-refractivity contribution is -0.302. The first-order chi connectivity index (χ1) is 25.8. The van der Waals surface area contributed by atoms with Crippen LogP contribution in [0.2, 0.25) is 0 Å². The summed E-state index contributed by atoms with van der Waals surface area (Å²) in [5.41, 5.74) is 0. The molecule has 53 heavy (non-hydrogen) atoms. The van der Waals surface area contributed by atoms with Crippen molar-refractivity contribution in [2.24, 2.45) is 0 Å². The molecule has 7 N–H and O–H groups in total. The molecular weight excluding hydrogens is 674 g/mol. The first-order valence-corrected chi connectivity index (χ1v) is 22.3. The van der Waals surface area contributed by atoms with E-state index in [4.69, 9.17) is 9.47 Å². The number of amides is 1. The van der Waals surface area contributed by atoms with Crippen LogP contribution < -0.4 is 5.32 Å². The molecular formula is C43H85NO9. The van der Waals surface area contributed by atoms with E-state index in [-0.39, 0.29) is 6.61 Å². The summed E-state index contributed by atoms with van der Waals surface area (Å²) in [6.07, 6.45) is 25.8. The van der Waals surface area contributed by atoms with Gasteiger partial charge in [0.2, 0.25) is 5.91 Å². The fourth-order valence-corrected chi connectivity index (χ4v) is 7.34. The molecule has 0 aromatic heterocycles. The van der Waals surface area contributed by atoms with E-state index in [0.29, 0.717) is 12.8 Å². The van der Waals surface area contributed by atoms with Crippen LogP contribution in [0.15, 0.2) is 0 Å². The molecule has 0 aromatic rings. The van der Waals surface area contributed by atoms with E-state index in [9.17, 15) is 35.4 Å². The van der Waals surface area contributed by atoms with Crippen LogP contribution >= 0.6 is 0 Å². The molecule has 316 valence electrons. The molecule has 1 amide bonds. The van der Waals surface area contributed by atoms with Crippen LogP contribution in [0.25, 0.3) is 0 Å². The first-order valence-electron chi connectivity index (χ1n) is 22.3. The Labute approximate surface area is 324 Å². The van der Waals surface area contributed by atoms with Gasteiger partial charge in [-0.3, -0.25) is 4.79 Å². The third-order valence-electron chi connectivity index (χ3n) is 11.1. The highest BCUT2D eigenvalue weighted by Crippen LogP contribution is 2.23. The van der Waals surface area contributed by atoms with Crippen LogP contribution in [0.5, 0.6) is 0 Å². The maximum atomic E-state index is 13.0. The number of carbonyl (C=O) groups is 1. The van der Waals surface area contributed by atoms with Crippen LogP contribution in [0.1, 0.15) is 206 Å². The summed E-state index contributed by atoms with van der Waals surface area (Å²) in [5.74, 6) is -0.582. The van der Waals surface area contributed by atoms with Gasteiger partial charge in [-0.25, -0.2) is 0 Å². The standard InChI is InChI=1S/C43H85NO9/c1-3-5-7-9-11-13-15-16-17-18-19-20-22-24-26-28-30-32-37(47)42(51)44-35(34-52-43-41(50)40(49)39(48)38(33-45)53-43)36(46)31-29-27-25-23-21-14-12-10-8-6-4-2/h35-41,43,45-50H,3-34H2,1-2H3,(H,44,51). The van der Waals surface area contributed by atoms with Crippen molar-refractivity contribution in [1.29, 1.82) is 0 Å². The van der Waals surface area contributed by atoms with E-state index < -0.39 is 61.5 Å². The molecule has 1 aliphatic rings. The molecule has 0 aliphatic carbocycles. The van der Waals surface area contributed by atoms with Gasteiger partial charge in [0.1, 0.15) is 30.5 Å². The largest absolute Gasteiger partial charge is 0.394 e. The molecule has 8 atom stereocenters. The predicted octanol–water partition coefficient (Wildman–Crippen LogP) is 7.75. The molecule has 0 aromatic carbocycles. The van der Waals surface area contributed by atoms with Gasteiger partial charge in [0.15, 0.2) is 6.29 Å². The summed E-state index contributed by atoms with van der Waals surface area (Å²) in [6, 6.07) is -0.886. The van der Waals surface area contributed by atoms with Crippen LogP contribution in [-0.4, -0.2) is 98.7 Å². The quantitative estimate of drug-likeness (QED) is 0.0313. The van der Waals surface area contributed by atoms with Crippen LogP contribution in [-0.2, 0) is 14.3 Å². The highest BCUT2D eigenvalue weighted by molar-refractivity contribution is 5.80. The molecule has 0 radical (unpaired) electrons. The Morgan fingerprint density at radius 3 is 1.34 bits per heavy atom. The van der Waals surface area contributed by atoms with E-state index in [0.717, 1.165) is 44.9 Å². The van der Waals surface area contributed by atoms with E-state index in [1.807, 2.05) is 0 Å². The van der Waals surface area contributed by atoms with Crippen LogP contribution in [0.4, 0.5) is 0 Å². The second kappa shape index (κ2) is 34.4. The van der Waals surface area contributed by atoms with Crippen molar-refractivity contribution < 1.29 is 44.9 Å². The van der Waals surface area contributed by atoms with Crippen molar-refractivity contribution in [2.45, 2.75) is 255 Å². The summed E-state index contributed by atoms with van der Waals surface area (Å²) in [4.78, 5) is 13.0. The Morgan fingerprint density at radius 2 is 0.943 bits per heavy atom. The lowest BCUT2D eigenvalue weighted by atomic mass is 9.99. The van der Waals surface area contributed by atoms with E-state index in [1.165, 1.54) is 135 Å². The number of carbonyl (C=O) groups excluding carboxylic acids is 1.